The Morgan fingerprint density at radius 1 is 0.852 bits per heavy atom. The normalized spacial score (nSPS) is 27.9. The van der Waals surface area contributed by atoms with Crippen molar-refractivity contribution in [2.45, 2.75) is 51.4 Å². The second kappa shape index (κ2) is 7.61. The molecular formula is C24H28F2O. The molecule has 27 heavy (non-hydrogen) atoms. The van der Waals surface area contributed by atoms with Crippen LogP contribution in [0.5, 0.6) is 5.75 Å². The summed E-state index contributed by atoms with van der Waals surface area (Å²) in [6.45, 7) is 2.37. The Labute approximate surface area is 160 Å². The second-order valence-corrected chi connectivity index (χ2v) is 8.54. The van der Waals surface area contributed by atoms with Crippen LogP contribution in [0.1, 0.15) is 56.9 Å². The molecule has 144 valence electrons. The summed E-state index contributed by atoms with van der Waals surface area (Å²) < 4.78 is 33.8. The monoisotopic (exact) mass is 370 g/mol. The molecule has 0 heterocycles. The third-order valence-electron chi connectivity index (χ3n) is 6.80. The van der Waals surface area contributed by atoms with Crippen molar-refractivity contribution in [1.82, 2.24) is 0 Å². The predicted molar refractivity (Wildman–Crippen MR) is 105 cm³/mol. The topological polar surface area (TPSA) is 9.23 Å². The highest BCUT2D eigenvalue weighted by Crippen LogP contribution is 2.47. The molecule has 0 amide bonds. The number of rotatable bonds is 3. The van der Waals surface area contributed by atoms with Crippen LogP contribution < -0.4 is 4.74 Å². The summed E-state index contributed by atoms with van der Waals surface area (Å²) in [5.41, 5.74) is 2.09. The van der Waals surface area contributed by atoms with Gasteiger partial charge in [0, 0.05) is 5.56 Å². The second-order valence-electron chi connectivity index (χ2n) is 8.54. The van der Waals surface area contributed by atoms with Gasteiger partial charge in [0.25, 0.3) is 0 Å². The summed E-state index contributed by atoms with van der Waals surface area (Å²) in [5, 5.41) is 0. The lowest BCUT2D eigenvalue weighted by Gasteiger charge is -2.41. The first kappa shape index (κ1) is 18.5. The minimum Gasteiger partial charge on any atom is -0.494 e. The van der Waals surface area contributed by atoms with E-state index in [9.17, 15) is 8.78 Å². The van der Waals surface area contributed by atoms with E-state index in [1.54, 1.807) is 24.3 Å². The SMILES string of the molecule is COc1ccc(-c2ccc([C@@H]3CC[C@@H]4CC(C)CC[C@@H]4C3)cc2F)cc1F. The first-order valence-corrected chi connectivity index (χ1v) is 10.2. The van der Waals surface area contributed by atoms with Crippen LogP contribution in [0.4, 0.5) is 8.78 Å². The molecule has 2 saturated carbocycles. The molecule has 2 aromatic rings. The molecule has 0 aromatic heterocycles. The Bertz CT molecular complexity index is 816. The molecule has 1 unspecified atom stereocenters. The van der Waals surface area contributed by atoms with E-state index in [0.29, 0.717) is 17.0 Å². The average Bonchev–Trinajstić information content (AvgIpc) is 2.67. The van der Waals surface area contributed by atoms with E-state index in [1.165, 1.54) is 45.3 Å². The number of halogens is 2. The molecule has 0 bridgehead atoms. The van der Waals surface area contributed by atoms with E-state index in [4.69, 9.17) is 4.74 Å². The van der Waals surface area contributed by atoms with Gasteiger partial charge in [0.15, 0.2) is 11.6 Å². The standard InChI is InChI=1S/C24H28F2O/c1-15-3-4-17-12-18(6-5-16(17)11-15)19-7-9-21(22(25)13-19)20-8-10-24(27-2)23(26)14-20/h7-10,13-18H,3-6,11-12H2,1-2H3/t15?,16-,17-,18-/m1/s1. The Balaban J connectivity index is 1.53. The molecular weight excluding hydrogens is 342 g/mol. The van der Waals surface area contributed by atoms with Crippen molar-refractivity contribution < 1.29 is 13.5 Å². The van der Waals surface area contributed by atoms with E-state index in [0.717, 1.165) is 29.7 Å². The minimum atomic E-state index is -0.469. The van der Waals surface area contributed by atoms with Crippen LogP contribution in [0.15, 0.2) is 36.4 Å². The summed E-state index contributed by atoms with van der Waals surface area (Å²) in [7, 11) is 1.43. The van der Waals surface area contributed by atoms with Gasteiger partial charge >= 0.3 is 0 Å². The maximum absolute atomic E-state index is 14.8. The highest BCUT2D eigenvalue weighted by Gasteiger charge is 2.34. The van der Waals surface area contributed by atoms with Gasteiger partial charge in [-0.2, -0.15) is 0 Å². The van der Waals surface area contributed by atoms with Crippen molar-refractivity contribution in [3.8, 4) is 16.9 Å². The fourth-order valence-corrected chi connectivity index (χ4v) is 5.28. The third-order valence-corrected chi connectivity index (χ3v) is 6.80. The number of fused-ring (bicyclic) bond motifs is 1. The van der Waals surface area contributed by atoms with Gasteiger partial charge in [-0.05, 0) is 85.1 Å². The van der Waals surface area contributed by atoms with Gasteiger partial charge < -0.3 is 4.74 Å². The van der Waals surface area contributed by atoms with Crippen molar-refractivity contribution in [3.63, 3.8) is 0 Å². The third kappa shape index (κ3) is 3.74. The summed E-state index contributed by atoms with van der Waals surface area (Å²) in [6.07, 6.45) is 7.65. The van der Waals surface area contributed by atoms with Gasteiger partial charge in [-0.15, -0.1) is 0 Å². The summed E-state index contributed by atoms with van der Waals surface area (Å²) in [5.74, 6) is 2.43. The van der Waals surface area contributed by atoms with Crippen LogP contribution in [0.25, 0.3) is 11.1 Å². The van der Waals surface area contributed by atoms with Gasteiger partial charge in [-0.1, -0.05) is 31.5 Å². The lowest BCUT2D eigenvalue weighted by Crippen LogP contribution is -2.29. The molecule has 1 nitrogen and oxygen atoms in total. The van der Waals surface area contributed by atoms with Crippen molar-refractivity contribution in [2.24, 2.45) is 17.8 Å². The fourth-order valence-electron chi connectivity index (χ4n) is 5.28. The lowest BCUT2D eigenvalue weighted by molar-refractivity contribution is 0.124. The molecule has 2 aliphatic carbocycles. The molecule has 4 rings (SSSR count). The van der Waals surface area contributed by atoms with E-state index < -0.39 is 5.82 Å². The zero-order valence-electron chi connectivity index (χ0n) is 16.2. The highest BCUT2D eigenvalue weighted by atomic mass is 19.1. The fraction of sp³-hybridized carbons (Fsp3) is 0.500. The molecule has 2 aliphatic rings. The number of hydrogen-bond donors (Lipinski definition) is 0. The highest BCUT2D eigenvalue weighted by molar-refractivity contribution is 5.65. The molecule has 2 aromatic carbocycles. The molecule has 0 aliphatic heterocycles. The summed E-state index contributed by atoms with van der Waals surface area (Å²) >= 11 is 0. The largest absolute Gasteiger partial charge is 0.494 e. The first-order valence-electron chi connectivity index (χ1n) is 10.2. The zero-order valence-corrected chi connectivity index (χ0v) is 16.2. The molecule has 0 radical (unpaired) electrons. The van der Waals surface area contributed by atoms with Crippen LogP contribution in [-0.2, 0) is 0 Å². The number of methoxy groups -OCH3 is 1. The van der Waals surface area contributed by atoms with E-state index in [2.05, 4.69) is 6.92 Å². The molecule has 3 heteroatoms. The van der Waals surface area contributed by atoms with Gasteiger partial charge in [0.05, 0.1) is 7.11 Å². The van der Waals surface area contributed by atoms with E-state index in [-0.39, 0.29) is 11.6 Å². The predicted octanol–water partition coefficient (Wildman–Crippen LogP) is 6.96. The van der Waals surface area contributed by atoms with Gasteiger partial charge in [-0.25, -0.2) is 8.78 Å². The van der Waals surface area contributed by atoms with Crippen molar-refractivity contribution in [2.75, 3.05) is 7.11 Å². The van der Waals surface area contributed by atoms with Crippen LogP contribution in [-0.4, -0.2) is 7.11 Å². The van der Waals surface area contributed by atoms with E-state index in [1.807, 2.05) is 6.07 Å². The lowest BCUT2D eigenvalue weighted by atomic mass is 9.64. The Morgan fingerprint density at radius 2 is 1.63 bits per heavy atom. The van der Waals surface area contributed by atoms with Crippen LogP contribution >= 0.6 is 0 Å². The number of benzene rings is 2. The van der Waals surface area contributed by atoms with Gasteiger partial charge in [0.1, 0.15) is 5.82 Å². The molecule has 0 saturated heterocycles. The molecule has 0 N–H and O–H groups in total. The smallest absolute Gasteiger partial charge is 0.165 e. The quantitative estimate of drug-likeness (QED) is 0.567. The van der Waals surface area contributed by atoms with Gasteiger partial charge in [0.2, 0.25) is 0 Å². The Hall–Kier alpha value is -1.90. The first-order chi connectivity index (χ1) is 13.0. The Morgan fingerprint density at radius 3 is 2.37 bits per heavy atom. The minimum absolute atomic E-state index is 0.175. The van der Waals surface area contributed by atoms with Gasteiger partial charge in [-0.3, -0.25) is 0 Å². The molecule has 0 spiro atoms. The van der Waals surface area contributed by atoms with Crippen LogP contribution in [0.2, 0.25) is 0 Å². The van der Waals surface area contributed by atoms with E-state index >= 15 is 0 Å². The van der Waals surface area contributed by atoms with Crippen molar-refractivity contribution in [1.29, 1.82) is 0 Å². The number of ether oxygens (including phenoxy) is 1. The van der Waals surface area contributed by atoms with Crippen molar-refractivity contribution in [3.05, 3.63) is 53.6 Å². The molecule has 2 fully saturated rings. The average molecular weight is 370 g/mol. The zero-order chi connectivity index (χ0) is 19.0. The maximum atomic E-state index is 14.8. The van der Waals surface area contributed by atoms with Crippen molar-refractivity contribution >= 4 is 0 Å². The Kier molecular flexibility index (Phi) is 5.21. The maximum Gasteiger partial charge on any atom is 0.165 e. The van der Waals surface area contributed by atoms with Crippen LogP contribution in [0, 0.1) is 29.4 Å². The summed E-state index contributed by atoms with van der Waals surface area (Å²) in [6, 6.07) is 10.1. The number of hydrogen-bond acceptors (Lipinski definition) is 1. The van der Waals surface area contributed by atoms with Crippen LogP contribution in [0.3, 0.4) is 0 Å². The summed E-state index contributed by atoms with van der Waals surface area (Å²) in [4.78, 5) is 0. The molecule has 4 atom stereocenters.